The molecule has 0 aliphatic heterocycles. The summed E-state index contributed by atoms with van der Waals surface area (Å²) < 4.78 is 155. The van der Waals surface area contributed by atoms with Crippen molar-refractivity contribution >= 4 is 0 Å². The molecule has 2 aromatic rings. The van der Waals surface area contributed by atoms with Gasteiger partial charge in [-0.15, -0.1) is 0 Å². The van der Waals surface area contributed by atoms with Gasteiger partial charge in [0.05, 0.1) is 22.3 Å². The molecule has 0 radical (unpaired) electrons. The van der Waals surface area contributed by atoms with Crippen LogP contribution in [0.1, 0.15) is 22.3 Å². The highest BCUT2D eigenvalue weighted by atomic mass is 19.4. The number of hydrogen-bond acceptors (Lipinski definition) is 0. The molecular formula is C16H6F12. The highest BCUT2D eigenvalue weighted by molar-refractivity contribution is 5.70. The molecule has 154 valence electrons. The van der Waals surface area contributed by atoms with Crippen LogP contribution in [0, 0.1) is 0 Å². The van der Waals surface area contributed by atoms with Gasteiger partial charge in [0.1, 0.15) is 0 Å². The van der Waals surface area contributed by atoms with Crippen molar-refractivity contribution in [1.82, 2.24) is 0 Å². The summed E-state index contributed by atoms with van der Waals surface area (Å²) in [5, 5.41) is 0. The van der Waals surface area contributed by atoms with Crippen molar-refractivity contribution in [3.63, 3.8) is 0 Å². The third-order valence-electron chi connectivity index (χ3n) is 3.55. The van der Waals surface area contributed by atoms with E-state index < -0.39 is 58.1 Å². The van der Waals surface area contributed by atoms with Crippen LogP contribution >= 0.6 is 0 Å². The average molecular weight is 426 g/mol. The maximum atomic E-state index is 13.2. The van der Waals surface area contributed by atoms with Gasteiger partial charge in [-0.3, -0.25) is 0 Å². The van der Waals surface area contributed by atoms with Crippen LogP contribution in [0.15, 0.2) is 36.4 Å². The molecule has 0 unspecified atom stereocenters. The zero-order valence-corrected chi connectivity index (χ0v) is 13.0. The number of rotatable bonds is 1. The molecule has 0 saturated heterocycles. The van der Waals surface area contributed by atoms with Gasteiger partial charge in [-0.2, -0.15) is 52.7 Å². The summed E-state index contributed by atoms with van der Waals surface area (Å²) in [6, 6.07) is -0.344. The first-order chi connectivity index (χ1) is 12.4. The lowest BCUT2D eigenvalue weighted by molar-refractivity contribution is -0.144. The average Bonchev–Trinajstić information content (AvgIpc) is 2.50. The van der Waals surface area contributed by atoms with Crippen molar-refractivity contribution < 1.29 is 52.7 Å². The Bertz CT molecular complexity index is 833. The zero-order valence-electron chi connectivity index (χ0n) is 13.0. The quantitative estimate of drug-likeness (QED) is 0.416. The first-order valence-corrected chi connectivity index (χ1v) is 6.99. The van der Waals surface area contributed by atoms with Crippen molar-refractivity contribution in [2.75, 3.05) is 0 Å². The second kappa shape index (κ2) is 6.59. The fourth-order valence-electron chi connectivity index (χ4n) is 2.32. The summed E-state index contributed by atoms with van der Waals surface area (Å²) in [5.74, 6) is 0. The fourth-order valence-corrected chi connectivity index (χ4v) is 2.32. The van der Waals surface area contributed by atoms with Crippen molar-refractivity contribution in [1.29, 1.82) is 0 Å². The Morgan fingerprint density at radius 2 is 0.857 bits per heavy atom. The lowest BCUT2D eigenvalue weighted by atomic mass is 9.93. The lowest BCUT2D eigenvalue weighted by Crippen LogP contribution is -2.14. The van der Waals surface area contributed by atoms with Crippen molar-refractivity contribution in [2.24, 2.45) is 0 Å². The van der Waals surface area contributed by atoms with Crippen LogP contribution in [-0.2, 0) is 24.7 Å². The minimum atomic E-state index is -5.47. The maximum Gasteiger partial charge on any atom is 0.417 e. The van der Waals surface area contributed by atoms with Crippen LogP contribution in [0.4, 0.5) is 52.7 Å². The molecule has 12 heteroatoms. The summed E-state index contributed by atoms with van der Waals surface area (Å²) >= 11 is 0. The molecule has 0 amide bonds. The highest BCUT2D eigenvalue weighted by Gasteiger charge is 2.40. The Labute approximate surface area is 148 Å². The largest absolute Gasteiger partial charge is 0.417 e. The molecule has 0 saturated carbocycles. The Morgan fingerprint density at radius 1 is 0.429 bits per heavy atom. The minimum Gasteiger partial charge on any atom is -0.166 e. The predicted octanol–water partition coefficient (Wildman–Crippen LogP) is 7.43. The molecule has 0 heterocycles. The number of alkyl halides is 12. The van der Waals surface area contributed by atoms with Crippen LogP contribution in [0.5, 0.6) is 0 Å². The van der Waals surface area contributed by atoms with E-state index in [0.717, 1.165) is 0 Å². The van der Waals surface area contributed by atoms with E-state index in [2.05, 4.69) is 0 Å². The van der Waals surface area contributed by atoms with Gasteiger partial charge in [-0.25, -0.2) is 0 Å². The molecule has 0 aliphatic rings. The van der Waals surface area contributed by atoms with Gasteiger partial charge in [0, 0.05) is 0 Å². The summed E-state index contributed by atoms with van der Waals surface area (Å²) in [4.78, 5) is 0. The molecule has 0 nitrogen and oxygen atoms in total. The van der Waals surface area contributed by atoms with E-state index >= 15 is 0 Å². The van der Waals surface area contributed by atoms with E-state index in [1.165, 1.54) is 0 Å². The topological polar surface area (TPSA) is 0 Å². The Kier molecular flexibility index (Phi) is 5.15. The zero-order chi connectivity index (χ0) is 21.7. The van der Waals surface area contributed by atoms with Crippen LogP contribution in [0.2, 0.25) is 0 Å². The molecule has 0 aliphatic carbocycles. The van der Waals surface area contributed by atoms with Crippen LogP contribution < -0.4 is 0 Å². The van der Waals surface area contributed by atoms with E-state index in [0.29, 0.717) is 0 Å². The summed E-state index contributed by atoms with van der Waals surface area (Å²) in [6.07, 6.45) is -21.3. The van der Waals surface area contributed by atoms with E-state index in [4.69, 9.17) is 0 Å². The second-order valence-corrected chi connectivity index (χ2v) is 5.55. The monoisotopic (exact) mass is 426 g/mol. The Balaban J connectivity index is 2.83. The summed E-state index contributed by atoms with van der Waals surface area (Å²) in [5.41, 5.74) is -10.0. The van der Waals surface area contributed by atoms with E-state index in [1.54, 1.807) is 0 Å². The molecule has 0 atom stereocenters. The van der Waals surface area contributed by atoms with Crippen molar-refractivity contribution in [2.45, 2.75) is 24.7 Å². The second-order valence-electron chi connectivity index (χ2n) is 5.55. The van der Waals surface area contributed by atoms with Crippen LogP contribution in [0.3, 0.4) is 0 Å². The van der Waals surface area contributed by atoms with Gasteiger partial charge in [-0.1, -0.05) is 6.07 Å². The molecule has 28 heavy (non-hydrogen) atoms. The van der Waals surface area contributed by atoms with Crippen molar-refractivity contribution in [3.8, 4) is 11.1 Å². The highest BCUT2D eigenvalue weighted by Crippen LogP contribution is 2.44. The number of hydrogen-bond donors (Lipinski definition) is 0. The summed E-state index contributed by atoms with van der Waals surface area (Å²) in [7, 11) is 0. The van der Waals surface area contributed by atoms with Gasteiger partial charge in [0.15, 0.2) is 0 Å². The SMILES string of the molecule is FC(F)(F)c1cc(-c2ccc(C(F)(F)F)cc2C(F)(F)F)cc(C(F)(F)F)c1. The lowest BCUT2D eigenvalue weighted by Gasteiger charge is -2.18. The third-order valence-corrected chi connectivity index (χ3v) is 3.55. The molecule has 0 spiro atoms. The minimum absolute atomic E-state index is 0.00702. The maximum absolute atomic E-state index is 13.2. The Morgan fingerprint density at radius 3 is 1.21 bits per heavy atom. The Hall–Kier alpha value is -2.40. The third kappa shape index (κ3) is 4.71. The van der Waals surface area contributed by atoms with Crippen LogP contribution in [-0.4, -0.2) is 0 Å². The number of halogens is 12. The van der Waals surface area contributed by atoms with Gasteiger partial charge in [0.25, 0.3) is 0 Å². The number of benzene rings is 2. The molecule has 0 N–H and O–H groups in total. The van der Waals surface area contributed by atoms with Gasteiger partial charge in [-0.05, 0) is 41.5 Å². The van der Waals surface area contributed by atoms with E-state index in [-0.39, 0.29) is 36.4 Å². The molecule has 2 aromatic carbocycles. The van der Waals surface area contributed by atoms with Crippen LogP contribution in [0.25, 0.3) is 11.1 Å². The van der Waals surface area contributed by atoms with Gasteiger partial charge in [0.2, 0.25) is 0 Å². The predicted molar refractivity (Wildman–Crippen MR) is 71.9 cm³/mol. The normalized spacial score (nSPS) is 13.7. The van der Waals surface area contributed by atoms with Gasteiger partial charge >= 0.3 is 24.7 Å². The fraction of sp³-hybridized carbons (Fsp3) is 0.250. The standard InChI is InChI=1S/C16H6F12/c17-13(18,19)8-1-2-11(12(6-8)16(26,27)28)7-3-9(14(20,21)22)5-10(4-7)15(23,24)25/h1-6H. The first kappa shape index (κ1) is 21.9. The molecule has 0 fully saturated rings. The molecule has 0 aromatic heterocycles. The molecule has 2 rings (SSSR count). The van der Waals surface area contributed by atoms with Crippen molar-refractivity contribution in [3.05, 3.63) is 58.7 Å². The van der Waals surface area contributed by atoms with Gasteiger partial charge < -0.3 is 0 Å². The smallest absolute Gasteiger partial charge is 0.166 e. The first-order valence-electron chi connectivity index (χ1n) is 6.99. The molecular weight excluding hydrogens is 420 g/mol. The summed E-state index contributed by atoms with van der Waals surface area (Å²) in [6.45, 7) is 0. The van der Waals surface area contributed by atoms with E-state index in [1.807, 2.05) is 0 Å². The van der Waals surface area contributed by atoms with E-state index in [9.17, 15) is 52.7 Å². The molecule has 0 bridgehead atoms.